The van der Waals surface area contributed by atoms with Crippen LogP contribution in [0.2, 0.25) is 0 Å². The highest BCUT2D eigenvalue weighted by Crippen LogP contribution is 2.19. The summed E-state index contributed by atoms with van der Waals surface area (Å²) in [5, 5.41) is 2.30. The fourth-order valence-electron chi connectivity index (χ4n) is 2.05. The number of ether oxygens (including phenoxy) is 2. The fraction of sp³-hybridized carbons (Fsp3) is 0.211. The largest absolute Gasteiger partial charge is 0.482 e. The van der Waals surface area contributed by atoms with Crippen LogP contribution < -0.4 is 10.1 Å². The summed E-state index contributed by atoms with van der Waals surface area (Å²) in [6, 6.07) is 10.5. The van der Waals surface area contributed by atoms with Crippen molar-refractivity contribution in [2.45, 2.75) is 13.3 Å². The van der Waals surface area contributed by atoms with Crippen LogP contribution in [0.3, 0.4) is 0 Å². The molecule has 0 spiro atoms. The van der Waals surface area contributed by atoms with Gasteiger partial charge in [0.2, 0.25) is 0 Å². The van der Waals surface area contributed by atoms with Crippen LogP contribution in [0.1, 0.15) is 23.7 Å². The number of benzene rings is 2. The molecule has 0 saturated heterocycles. The molecule has 0 aliphatic heterocycles. The van der Waals surface area contributed by atoms with E-state index in [2.05, 4.69) is 21.2 Å². The second-order valence-electron chi connectivity index (χ2n) is 5.42. The third kappa shape index (κ3) is 6.49. The minimum absolute atomic E-state index is 0.00850. The normalized spacial score (nSPS) is 10.2. The molecule has 0 aliphatic carbocycles. The SMILES string of the molecule is CCC(=O)c1ccc(OCC(=O)OCC(=O)Nc2ccc(Br)cc2F)cc1. The van der Waals surface area contributed by atoms with Gasteiger partial charge < -0.3 is 14.8 Å². The first-order chi connectivity index (χ1) is 12.9. The van der Waals surface area contributed by atoms with Crippen LogP contribution in [0.4, 0.5) is 10.1 Å². The summed E-state index contributed by atoms with van der Waals surface area (Å²) in [6.07, 6.45) is 0.402. The van der Waals surface area contributed by atoms with Gasteiger partial charge in [0.1, 0.15) is 11.6 Å². The Balaban J connectivity index is 1.75. The first kappa shape index (κ1) is 20.6. The number of carbonyl (C=O) groups excluding carboxylic acids is 3. The molecule has 0 unspecified atom stereocenters. The quantitative estimate of drug-likeness (QED) is 0.502. The Bertz CT molecular complexity index is 838. The Hall–Kier alpha value is -2.74. The van der Waals surface area contributed by atoms with Gasteiger partial charge in [-0.3, -0.25) is 9.59 Å². The molecule has 27 heavy (non-hydrogen) atoms. The summed E-state index contributed by atoms with van der Waals surface area (Å²) >= 11 is 3.11. The number of Topliss-reactive ketones (excluding diaryl/α,β-unsaturated/α-hetero) is 1. The van der Waals surface area contributed by atoms with E-state index in [4.69, 9.17) is 9.47 Å². The number of esters is 1. The molecule has 2 rings (SSSR count). The first-order valence-electron chi connectivity index (χ1n) is 8.05. The molecule has 0 aliphatic rings. The number of halogens is 2. The van der Waals surface area contributed by atoms with E-state index >= 15 is 0 Å². The van der Waals surface area contributed by atoms with Gasteiger partial charge in [0.15, 0.2) is 19.0 Å². The molecule has 0 aromatic heterocycles. The highest BCUT2D eigenvalue weighted by molar-refractivity contribution is 9.10. The summed E-state index contributed by atoms with van der Waals surface area (Å²) < 4.78 is 24.2. The molecule has 0 atom stereocenters. The number of nitrogens with one attached hydrogen (secondary N) is 1. The number of carbonyl (C=O) groups is 3. The van der Waals surface area contributed by atoms with E-state index in [9.17, 15) is 18.8 Å². The lowest BCUT2D eigenvalue weighted by molar-refractivity contribution is -0.149. The van der Waals surface area contributed by atoms with E-state index in [-0.39, 0.29) is 11.5 Å². The van der Waals surface area contributed by atoms with Crippen molar-refractivity contribution >= 4 is 39.3 Å². The lowest BCUT2D eigenvalue weighted by Gasteiger charge is -2.09. The molecule has 142 valence electrons. The number of ketones is 1. The molecule has 0 fully saturated rings. The van der Waals surface area contributed by atoms with E-state index in [0.29, 0.717) is 22.2 Å². The number of hydrogen-bond donors (Lipinski definition) is 1. The Morgan fingerprint density at radius 2 is 1.78 bits per heavy atom. The third-order valence-electron chi connectivity index (χ3n) is 3.42. The lowest BCUT2D eigenvalue weighted by atomic mass is 10.1. The van der Waals surface area contributed by atoms with Crippen molar-refractivity contribution in [1.82, 2.24) is 0 Å². The zero-order chi connectivity index (χ0) is 19.8. The van der Waals surface area contributed by atoms with Crippen LogP contribution in [0.5, 0.6) is 5.75 Å². The van der Waals surface area contributed by atoms with E-state index in [1.807, 2.05) is 0 Å². The average Bonchev–Trinajstić information content (AvgIpc) is 2.66. The van der Waals surface area contributed by atoms with Crippen molar-refractivity contribution in [2.24, 2.45) is 0 Å². The molecule has 1 amide bonds. The maximum absolute atomic E-state index is 13.6. The van der Waals surface area contributed by atoms with Crippen molar-refractivity contribution in [3.63, 3.8) is 0 Å². The maximum Gasteiger partial charge on any atom is 0.344 e. The van der Waals surface area contributed by atoms with Gasteiger partial charge in [0.05, 0.1) is 5.69 Å². The smallest absolute Gasteiger partial charge is 0.344 e. The van der Waals surface area contributed by atoms with Gasteiger partial charge in [-0.05, 0) is 42.5 Å². The van der Waals surface area contributed by atoms with Gasteiger partial charge in [0.25, 0.3) is 5.91 Å². The molecule has 2 aromatic carbocycles. The zero-order valence-electron chi connectivity index (χ0n) is 14.5. The van der Waals surface area contributed by atoms with Crippen LogP contribution in [0.25, 0.3) is 0 Å². The maximum atomic E-state index is 13.6. The summed E-state index contributed by atoms with van der Waals surface area (Å²) in [5.74, 6) is -1.64. The van der Waals surface area contributed by atoms with Gasteiger partial charge in [-0.15, -0.1) is 0 Å². The number of amides is 1. The molecular formula is C19H17BrFNO5. The average molecular weight is 438 g/mol. The van der Waals surface area contributed by atoms with Crippen LogP contribution in [-0.2, 0) is 14.3 Å². The Labute approximate surface area is 163 Å². The van der Waals surface area contributed by atoms with Crippen LogP contribution >= 0.6 is 15.9 Å². The van der Waals surface area contributed by atoms with Crippen LogP contribution in [-0.4, -0.2) is 30.9 Å². The molecule has 0 saturated carbocycles. The predicted octanol–water partition coefficient (Wildman–Crippen LogP) is 3.74. The van der Waals surface area contributed by atoms with Gasteiger partial charge in [-0.25, -0.2) is 9.18 Å². The summed E-state index contributed by atoms with van der Waals surface area (Å²) in [6.45, 7) is 0.798. The summed E-state index contributed by atoms with van der Waals surface area (Å²) in [5.41, 5.74) is 0.543. The molecule has 0 radical (unpaired) electrons. The second-order valence-corrected chi connectivity index (χ2v) is 6.34. The number of anilines is 1. The molecule has 0 heterocycles. The minimum atomic E-state index is -0.755. The van der Waals surface area contributed by atoms with Gasteiger partial charge in [-0.2, -0.15) is 0 Å². The minimum Gasteiger partial charge on any atom is -0.482 e. The highest BCUT2D eigenvalue weighted by atomic mass is 79.9. The van der Waals surface area contributed by atoms with E-state index in [1.54, 1.807) is 37.3 Å². The monoisotopic (exact) mass is 437 g/mol. The molecular weight excluding hydrogens is 421 g/mol. The first-order valence-corrected chi connectivity index (χ1v) is 8.85. The predicted molar refractivity (Wildman–Crippen MR) is 100 cm³/mol. The Kier molecular flexibility index (Phi) is 7.48. The van der Waals surface area contributed by atoms with Crippen LogP contribution in [0, 0.1) is 5.82 Å². The van der Waals surface area contributed by atoms with E-state index in [1.165, 1.54) is 12.1 Å². The van der Waals surface area contributed by atoms with Crippen molar-refractivity contribution in [3.8, 4) is 5.75 Å². The van der Waals surface area contributed by atoms with Crippen molar-refractivity contribution < 1.29 is 28.2 Å². The zero-order valence-corrected chi connectivity index (χ0v) is 16.0. The highest BCUT2D eigenvalue weighted by Gasteiger charge is 2.11. The topological polar surface area (TPSA) is 81.7 Å². The molecule has 0 bridgehead atoms. The van der Waals surface area contributed by atoms with E-state index < -0.39 is 30.9 Å². The molecule has 8 heteroatoms. The van der Waals surface area contributed by atoms with Crippen molar-refractivity contribution in [1.29, 1.82) is 0 Å². The van der Waals surface area contributed by atoms with Gasteiger partial charge in [0, 0.05) is 16.5 Å². The van der Waals surface area contributed by atoms with Gasteiger partial charge in [-0.1, -0.05) is 22.9 Å². The van der Waals surface area contributed by atoms with Gasteiger partial charge >= 0.3 is 5.97 Å². The molecule has 1 N–H and O–H groups in total. The fourth-order valence-corrected chi connectivity index (χ4v) is 2.38. The Morgan fingerprint density at radius 1 is 1.07 bits per heavy atom. The summed E-state index contributed by atoms with van der Waals surface area (Å²) in [4.78, 5) is 34.9. The number of hydrogen-bond acceptors (Lipinski definition) is 5. The standard InChI is InChI=1S/C19H17BrFNO5/c1-2-17(23)12-3-6-14(7-4-12)26-11-19(25)27-10-18(24)22-16-8-5-13(20)9-15(16)21/h3-9H,2,10-11H2,1H3,(H,22,24). The lowest BCUT2D eigenvalue weighted by Crippen LogP contribution is -2.24. The molecule has 2 aromatic rings. The third-order valence-corrected chi connectivity index (χ3v) is 3.92. The van der Waals surface area contributed by atoms with Crippen molar-refractivity contribution in [2.75, 3.05) is 18.5 Å². The molecule has 6 nitrogen and oxygen atoms in total. The second kappa shape index (κ2) is 9.82. The Morgan fingerprint density at radius 3 is 2.41 bits per heavy atom. The summed E-state index contributed by atoms with van der Waals surface area (Å²) in [7, 11) is 0. The number of rotatable bonds is 8. The van der Waals surface area contributed by atoms with Crippen molar-refractivity contribution in [3.05, 3.63) is 58.3 Å². The van der Waals surface area contributed by atoms with E-state index in [0.717, 1.165) is 0 Å². The van der Waals surface area contributed by atoms with Crippen LogP contribution in [0.15, 0.2) is 46.9 Å².